The topological polar surface area (TPSA) is 93.2 Å². The van der Waals surface area contributed by atoms with Gasteiger partial charge in [-0.15, -0.1) is 0 Å². The number of nitrogen functional groups attached to an aromatic ring is 1. The van der Waals surface area contributed by atoms with E-state index >= 15 is 0 Å². The highest BCUT2D eigenvalue weighted by Crippen LogP contribution is 2.29. The number of carbonyl (C=O) groups excluding carboxylic acids is 2. The van der Waals surface area contributed by atoms with Crippen molar-refractivity contribution in [2.45, 2.75) is 13.1 Å². The van der Waals surface area contributed by atoms with E-state index in [1.165, 1.54) is 6.20 Å². The maximum atomic E-state index is 13.4. The number of nitrogens with two attached hydrogens (primary N) is 1. The van der Waals surface area contributed by atoms with Gasteiger partial charge in [-0.25, -0.2) is 4.98 Å². The summed E-state index contributed by atoms with van der Waals surface area (Å²) in [5.74, 6) is -0.151. The van der Waals surface area contributed by atoms with Gasteiger partial charge in [0.25, 0.3) is 11.8 Å². The van der Waals surface area contributed by atoms with E-state index in [0.717, 1.165) is 16.9 Å². The first-order valence-corrected chi connectivity index (χ1v) is 10.3. The number of nitrogens with one attached hydrogen (secondary N) is 1. The van der Waals surface area contributed by atoms with E-state index in [1.807, 2.05) is 42.6 Å². The lowest BCUT2D eigenvalue weighted by Gasteiger charge is -2.22. The Bertz CT molecular complexity index is 1310. The molecule has 0 aliphatic carbocycles. The van der Waals surface area contributed by atoms with Crippen LogP contribution in [0.2, 0.25) is 0 Å². The average molecular weight is 423 g/mol. The van der Waals surface area contributed by atoms with Crippen molar-refractivity contribution >= 4 is 29.0 Å². The smallest absolute Gasteiger partial charge is 0.260 e. The summed E-state index contributed by atoms with van der Waals surface area (Å²) < 4.78 is 2.15. The standard InChI is InChI=1S/C25H21N5O2/c26-21-9-3-2-8-20(21)24(31)28-23-12-11-17(14-27-23)25(32)30-16-19-7-5-13-29(19)15-18-6-1-4-10-22(18)30/h1-14H,15-16,26H2,(H,27,28,31). The molecule has 7 nitrogen and oxygen atoms in total. The third kappa shape index (κ3) is 3.60. The van der Waals surface area contributed by atoms with Crippen molar-refractivity contribution < 1.29 is 9.59 Å². The minimum atomic E-state index is -0.350. The van der Waals surface area contributed by atoms with Gasteiger partial charge in [-0.05, 0) is 48.0 Å². The maximum absolute atomic E-state index is 13.4. The maximum Gasteiger partial charge on any atom is 0.260 e. The second-order valence-corrected chi connectivity index (χ2v) is 7.62. The monoisotopic (exact) mass is 423 g/mol. The highest BCUT2D eigenvalue weighted by Gasteiger charge is 2.25. The molecule has 2 aromatic heterocycles. The number of anilines is 3. The molecule has 3 N–H and O–H groups in total. The largest absolute Gasteiger partial charge is 0.398 e. The van der Waals surface area contributed by atoms with Crippen LogP contribution in [0.1, 0.15) is 32.0 Å². The number of rotatable bonds is 3. The molecule has 7 heteroatoms. The molecule has 0 atom stereocenters. The predicted octanol–water partition coefficient (Wildman–Crippen LogP) is 3.93. The van der Waals surface area contributed by atoms with Gasteiger partial charge in [0.05, 0.1) is 17.7 Å². The summed E-state index contributed by atoms with van der Waals surface area (Å²) >= 11 is 0. The Kier molecular flexibility index (Phi) is 4.91. The molecule has 3 heterocycles. The second kappa shape index (κ2) is 8.03. The molecule has 5 rings (SSSR count). The van der Waals surface area contributed by atoms with E-state index in [1.54, 1.807) is 41.3 Å². The zero-order valence-corrected chi connectivity index (χ0v) is 17.2. The summed E-state index contributed by atoms with van der Waals surface area (Å²) in [5, 5.41) is 2.72. The lowest BCUT2D eigenvalue weighted by molar-refractivity contribution is 0.0983. The van der Waals surface area contributed by atoms with E-state index in [0.29, 0.717) is 35.7 Å². The average Bonchev–Trinajstić information content (AvgIpc) is 3.18. The number of fused-ring (bicyclic) bond motifs is 2. The molecule has 1 aliphatic heterocycles. The highest BCUT2D eigenvalue weighted by molar-refractivity contribution is 6.08. The third-order valence-corrected chi connectivity index (χ3v) is 5.57. The van der Waals surface area contributed by atoms with Crippen LogP contribution < -0.4 is 16.0 Å². The van der Waals surface area contributed by atoms with Gasteiger partial charge in [-0.3, -0.25) is 9.59 Å². The number of amides is 2. The SMILES string of the molecule is Nc1ccccc1C(=O)Nc1ccc(C(=O)N2Cc3cccn3Cc3ccccc32)cn1. The number of para-hydroxylation sites is 2. The number of pyridine rings is 1. The summed E-state index contributed by atoms with van der Waals surface area (Å²) in [6.07, 6.45) is 3.51. The Labute approximate surface area is 185 Å². The molecule has 0 radical (unpaired) electrons. The predicted molar refractivity (Wildman–Crippen MR) is 124 cm³/mol. The van der Waals surface area contributed by atoms with Gasteiger partial charge < -0.3 is 20.5 Å². The first-order chi connectivity index (χ1) is 15.6. The first-order valence-electron chi connectivity index (χ1n) is 10.3. The van der Waals surface area contributed by atoms with E-state index in [9.17, 15) is 9.59 Å². The van der Waals surface area contributed by atoms with Crippen molar-refractivity contribution in [3.8, 4) is 0 Å². The summed E-state index contributed by atoms with van der Waals surface area (Å²) in [6, 6.07) is 22.1. The van der Waals surface area contributed by atoms with Crippen LogP contribution in [0.5, 0.6) is 0 Å². The molecule has 1 aliphatic rings. The Hall–Kier alpha value is -4.39. The van der Waals surface area contributed by atoms with Gasteiger partial charge >= 0.3 is 0 Å². The molecule has 0 saturated carbocycles. The van der Waals surface area contributed by atoms with Crippen LogP contribution in [0.3, 0.4) is 0 Å². The zero-order valence-electron chi connectivity index (χ0n) is 17.2. The van der Waals surface area contributed by atoms with Crippen molar-refractivity contribution in [2.75, 3.05) is 16.0 Å². The number of benzene rings is 2. The van der Waals surface area contributed by atoms with Crippen molar-refractivity contribution in [1.82, 2.24) is 9.55 Å². The van der Waals surface area contributed by atoms with Crippen LogP contribution in [0.25, 0.3) is 0 Å². The molecule has 2 aromatic carbocycles. The third-order valence-electron chi connectivity index (χ3n) is 5.57. The van der Waals surface area contributed by atoms with Crippen molar-refractivity contribution in [1.29, 1.82) is 0 Å². The Morgan fingerprint density at radius 1 is 0.906 bits per heavy atom. The number of aromatic nitrogens is 2. The van der Waals surface area contributed by atoms with Crippen LogP contribution in [0.4, 0.5) is 17.2 Å². The van der Waals surface area contributed by atoms with Crippen molar-refractivity contribution in [2.24, 2.45) is 0 Å². The number of carbonyl (C=O) groups is 2. The quantitative estimate of drug-likeness (QED) is 0.489. The van der Waals surface area contributed by atoms with E-state index in [2.05, 4.69) is 14.9 Å². The van der Waals surface area contributed by atoms with E-state index in [4.69, 9.17) is 5.73 Å². The Morgan fingerprint density at radius 2 is 1.72 bits per heavy atom. The Morgan fingerprint density at radius 3 is 2.53 bits per heavy atom. The van der Waals surface area contributed by atoms with Crippen LogP contribution >= 0.6 is 0 Å². The fourth-order valence-corrected chi connectivity index (χ4v) is 3.90. The summed E-state index contributed by atoms with van der Waals surface area (Å²) in [5.41, 5.74) is 10.1. The zero-order chi connectivity index (χ0) is 22.1. The van der Waals surface area contributed by atoms with Gasteiger partial charge in [0.2, 0.25) is 0 Å². The lowest BCUT2D eigenvalue weighted by Crippen LogP contribution is -2.30. The summed E-state index contributed by atoms with van der Waals surface area (Å²) in [6.45, 7) is 1.18. The number of nitrogens with zero attached hydrogens (tertiary/aromatic N) is 3. The molecule has 0 unspecified atom stereocenters. The van der Waals surface area contributed by atoms with Gasteiger partial charge in [0.1, 0.15) is 5.82 Å². The molecular weight excluding hydrogens is 402 g/mol. The first kappa shape index (κ1) is 19.6. The summed E-state index contributed by atoms with van der Waals surface area (Å²) in [7, 11) is 0. The molecule has 2 amide bonds. The Balaban J connectivity index is 1.39. The number of hydrogen-bond donors (Lipinski definition) is 2. The highest BCUT2D eigenvalue weighted by atomic mass is 16.2. The molecule has 0 saturated heterocycles. The fraction of sp³-hybridized carbons (Fsp3) is 0.0800. The fourth-order valence-electron chi connectivity index (χ4n) is 3.90. The molecule has 32 heavy (non-hydrogen) atoms. The van der Waals surface area contributed by atoms with Gasteiger partial charge in [0.15, 0.2) is 0 Å². The molecule has 158 valence electrons. The van der Waals surface area contributed by atoms with Crippen LogP contribution in [0.15, 0.2) is 85.2 Å². The lowest BCUT2D eigenvalue weighted by atomic mass is 10.1. The van der Waals surface area contributed by atoms with Crippen molar-refractivity contribution in [3.05, 3.63) is 108 Å². The molecule has 0 spiro atoms. The van der Waals surface area contributed by atoms with Crippen LogP contribution in [0, 0.1) is 0 Å². The van der Waals surface area contributed by atoms with Crippen molar-refractivity contribution in [3.63, 3.8) is 0 Å². The van der Waals surface area contributed by atoms with Crippen LogP contribution in [-0.2, 0) is 13.1 Å². The van der Waals surface area contributed by atoms with E-state index < -0.39 is 0 Å². The van der Waals surface area contributed by atoms with Gasteiger partial charge in [-0.1, -0.05) is 30.3 Å². The van der Waals surface area contributed by atoms with Crippen LogP contribution in [-0.4, -0.2) is 21.4 Å². The minimum Gasteiger partial charge on any atom is -0.398 e. The van der Waals surface area contributed by atoms with Gasteiger partial charge in [-0.2, -0.15) is 0 Å². The molecule has 0 fully saturated rings. The molecule has 0 bridgehead atoms. The summed E-state index contributed by atoms with van der Waals surface area (Å²) in [4.78, 5) is 31.9. The normalized spacial score (nSPS) is 12.4. The second-order valence-electron chi connectivity index (χ2n) is 7.62. The number of hydrogen-bond acceptors (Lipinski definition) is 4. The molecule has 4 aromatic rings. The molecular formula is C25H21N5O2. The van der Waals surface area contributed by atoms with Gasteiger partial charge in [0, 0.05) is 36.0 Å². The van der Waals surface area contributed by atoms with E-state index in [-0.39, 0.29) is 11.8 Å². The minimum absolute atomic E-state index is 0.148.